The van der Waals surface area contributed by atoms with Gasteiger partial charge in [-0.05, 0) is 25.7 Å². The highest BCUT2D eigenvalue weighted by atomic mass is 32.1. The van der Waals surface area contributed by atoms with E-state index in [1.807, 2.05) is 11.3 Å². The summed E-state index contributed by atoms with van der Waals surface area (Å²) >= 11 is 1.83. The van der Waals surface area contributed by atoms with Crippen molar-refractivity contribution in [1.82, 2.24) is 14.8 Å². The van der Waals surface area contributed by atoms with E-state index < -0.39 is 6.10 Å². The van der Waals surface area contributed by atoms with Crippen molar-refractivity contribution in [2.45, 2.75) is 45.3 Å². The van der Waals surface area contributed by atoms with Crippen molar-refractivity contribution < 1.29 is 9.90 Å². The number of aromatic nitrogens is 1. The van der Waals surface area contributed by atoms with Gasteiger partial charge in [0.05, 0.1) is 18.3 Å². The van der Waals surface area contributed by atoms with E-state index in [4.69, 9.17) is 4.98 Å². The molecule has 5 nitrogen and oxygen atoms in total. The molecule has 0 radical (unpaired) electrons. The first-order valence-corrected chi connectivity index (χ1v) is 8.57. The number of β-amino-alcohol motifs (C(OH)–C–C–N with tert-alkyl or cyclic N) is 1. The van der Waals surface area contributed by atoms with Gasteiger partial charge in [0.2, 0.25) is 5.91 Å². The van der Waals surface area contributed by atoms with Crippen LogP contribution in [0.2, 0.25) is 0 Å². The van der Waals surface area contributed by atoms with Crippen LogP contribution in [-0.4, -0.2) is 58.1 Å². The number of carbonyl (C=O) groups excluding carboxylic acids is 1. The summed E-state index contributed by atoms with van der Waals surface area (Å²) in [4.78, 5) is 21.7. The third-order valence-corrected chi connectivity index (χ3v) is 5.42. The van der Waals surface area contributed by atoms with E-state index in [1.54, 1.807) is 11.8 Å². The summed E-state index contributed by atoms with van der Waals surface area (Å²) in [6, 6.07) is 0. The van der Waals surface area contributed by atoms with Gasteiger partial charge < -0.3 is 10.0 Å². The second-order valence-electron chi connectivity index (χ2n) is 6.04. The van der Waals surface area contributed by atoms with Crippen molar-refractivity contribution in [2.75, 3.05) is 26.2 Å². The Morgan fingerprint density at radius 3 is 2.90 bits per heavy atom. The quantitative estimate of drug-likeness (QED) is 0.887. The summed E-state index contributed by atoms with van der Waals surface area (Å²) in [6.07, 6.45) is 4.36. The molecule has 116 valence electrons. The molecule has 1 atom stereocenters. The van der Waals surface area contributed by atoms with Crippen LogP contribution in [0.4, 0.5) is 0 Å². The summed E-state index contributed by atoms with van der Waals surface area (Å²) in [7, 11) is 0. The average Bonchev–Trinajstić information content (AvgIpc) is 2.75. The zero-order chi connectivity index (χ0) is 14.8. The maximum Gasteiger partial charge on any atom is 0.219 e. The lowest BCUT2D eigenvalue weighted by molar-refractivity contribution is -0.129. The highest BCUT2D eigenvalue weighted by Crippen LogP contribution is 2.27. The second-order valence-corrected chi connectivity index (χ2v) is 7.21. The van der Waals surface area contributed by atoms with E-state index in [0.29, 0.717) is 19.6 Å². The summed E-state index contributed by atoms with van der Waals surface area (Å²) in [5.74, 6) is 0.0422. The Hall–Kier alpha value is -0.980. The molecule has 1 aliphatic carbocycles. The molecule has 21 heavy (non-hydrogen) atoms. The lowest BCUT2D eigenvalue weighted by atomic mass is 10.0. The van der Waals surface area contributed by atoms with Crippen molar-refractivity contribution in [3.8, 4) is 0 Å². The minimum Gasteiger partial charge on any atom is -0.390 e. The zero-order valence-corrected chi connectivity index (χ0v) is 13.4. The molecule has 1 N–H and O–H groups in total. The lowest BCUT2D eigenvalue weighted by Crippen LogP contribution is -2.36. The maximum atomic E-state index is 11.5. The lowest BCUT2D eigenvalue weighted by Gasteiger charge is -2.19. The van der Waals surface area contributed by atoms with Crippen molar-refractivity contribution in [2.24, 2.45) is 0 Å². The number of hydrogen-bond acceptors (Lipinski definition) is 5. The Balaban J connectivity index is 1.64. The Morgan fingerprint density at radius 1 is 1.33 bits per heavy atom. The standard InChI is InChI=1S/C15H23N3O2S/c1-11(19)18-7-6-17(8-12(20)9-18)10-15-16-13-4-2-3-5-14(13)21-15/h12,20H,2-10H2,1H3. The SMILES string of the molecule is CC(=O)N1CCN(Cc2nc3c(s2)CCCC3)CC(O)C1. The Morgan fingerprint density at radius 2 is 2.14 bits per heavy atom. The van der Waals surface area contributed by atoms with Gasteiger partial charge >= 0.3 is 0 Å². The number of nitrogens with zero attached hydrogens (tertiary/aromatic N) is 3. The number of aliphatic hydroxyl groups is 1. The predicted octanol–water partition coefficient (Wildman–Crippen LogP) is 1.05. The average molecular weight is 309 g/mol. The van der Waals surface area contributed by atoms with Crippen LogP contribution in [-0.2, 0) is 24.2 Å². The van der Waals surface area contributed by atoms with Gasteiger partial charge in [-0.3, -0.25) is 9.69 Å². The van der Waals surface area contributed by atoms with Gasteiger partial charge in [0.25, 0.3) is 0 Å². The van der Waals surface area contributed by atoms with Gasteiger partial charge in [-0.2, -0.15) is 0 Å². The molecule has 2 aliphatic rings. The van der Waals surface area contributed by atoms with Crippen LogP contribution in [0, 0.1) is 0 Å². The molecular formula is C15H23N3O2S. The van der Waals surface area contributed by atoms with Crippen molar-refractivity contribution in [1.29, 1.82) is 0 Å². The molecule has 1 unspecified atom stereocenters. The molecule has 0 aromatic carbocycles. The first kappa shape index (κ1) is 14.9. The molecular weight excluding hydrogens is 286 g/mol. The normalized spacial score (nSPS) is 23.7. The molecule has 1 fully saturated rings. The molecule has 1 aliphatic heterocycles. The van der Waals surface area contributed by atoms with Gasteiger partial charge in [-0.15, -0.1) is 11.3 Å². The minimum absolute atomic E-state index is 0.0422. The Kier molecular flexibility index (Phi) is 4.57. The second kappa shape index (κ2) is 6.42. The van der Waals surface area contributed by atoms with Crippen LogP contribution in [0.5, 0.6) is 0 Å². The van der Waals surface area contributed by atoms with Gasteiger partial charge in [-0.1, -0.05) is 0 Å². The number of carbonyl (C=O) groups is 1. The number of rotatable bonds is 2. The molecule has 1 amide bonds. The number of thiazole rings is 1. The maximum absolute atomic E-state index is 11.5. The fraction of sp³-hybridized carbons (Fsp3) is 0.733. The molecule has 0 bridgehead atoms. The van der Waals surface area contributed by atoms with E-state index in [2.05, 4.69) is 4.90 Å². The highest BCUT2D eigenvalue weighted by Gasteiger charge is 2.24. The molecule has 1 aromatic rings. The summed E-state index contributed by atoms with van der Waals surface area (Å²) < 4.78 is 0. The smallest absolute Gasteiger partial charge is 0.219 e. The Labute approximate surface area is 129 Å². The molecule has 0 spiro atoms. The first-order chi connectivity index (χ1) is 10.1. The third-order valence-electron chi connectivity index (χ3n) is 4.28. The monoisotopic (exact) mass is 309 g/mol. The van der Waals surface area contributed by atoms with Crippen LogP contribution in [0.1, 0.15) is 35.3 Å². The van der Waals surface area contributed by atoms with E-state index >= 15 is 0 Å². The van der Waals surface area contributed by atoms with Crippen molar-refractivity contribution in [3.63, 3.8) is 0 Å². The molecule has 6 heteroatoms. The number of aryl methyl sites for hydroxylation is 2. The van der Waals surface area contributed by atoms with Crippen molar-refractivity contribution >= 4 is 17.2 Å². The van der Waals surface area contributed by atoms with Gasteiger partial charge in [0, 0.05) is 38.0 Å². The van der Waals surface area contributed by atoms with Crippen LogP contribution in [0.15, 0.2) is 0 Å². The van der Waals surface area contributed by atoms with Crippen LogP contribution in [0.25, 0.3) is 0 Å². The highest BCUT2D eigenvalue weighted by molar-refractivity contribution is 7.11. The fourth-order valence-electron chi connectivity index (χ4n) is 3.15. The number of amides is 1. The van der Waals surface area contributed by atoms with Gasteiger partial charge in [0.15, 0.2) is 0 Å². The van der Waals surface area contributed by atoms with Crippen LogP contribution >= 0.6 is 11.3 Å². The molecule has 3 rings (SSSR count). The molecule has 2 heterocycles. The van der Waals surface area contributed by atoms with Crippen LogP contribution in [0.3, 0.4) is 0 Å². The third kappa shape index (κ3) is 3.62. The fourth-order valence-corrected chi connectivity index (χ4v) is 4.35. The zero-order valence-electron chi connectivity index (χ0n) is 12.5. The summed E-state index contributed by atoms with van der Waals surface area (Å²) in [5.41, 5.74) is 1.29. The van der Waals surface area contributed by atoms with Gasteiger partial charge in [0.1, 0.15) is 5.01 Å². The van der Waals surface area contributed by atoms with E-state index in [0.717, 1.165) is 24.5 Å². The predicted molar refractivity (Wildman–Crippen MR) is 82.3 cm³/mol. The first-order valence-electron chi connectivity index (χ1n) is 7.75. The van der Waals surface area contributed by atoms with E-state index in [1.165, 1.54) is 29.8 Å². The minimum atomic E-state index is -0.467. The van der Waals surface area contributed by atoms with E-state index in [9.17, 15) is 9.90 Å². The summed E-state index contributed by atoms with van der Waals surface area (Å²) in [6.45, 7) is 4.92. The topological polar surface area (TPSA) is 56.7 Å². The number of aliphatic hydroxyl groups excluding tert-OH is 1. The summed E-state index contributed by atoms with van der Waals surface area (Å²) in [5, 5.41) is 11.2. The number of fused-ring (bicyclic) bond motifs is 1. The van der Waals surface area contributed by atoms with Crippen molar-refractivity contribution in [3.05, 3.63) is 15.6 Å². The molecule has 1 aromatic heterocycles. The largest absolute Gasteiger partial charge is 0.390 e. The van der Waals surface area contributed by atoms with Gasteiger partial charge in [-0.25, -0.2) is 4.98 Å². The number of hydrogen-bond donors (Lipinski definition) is 1. The molecule has 0 saturated carbocycles. The van der Waals surface area contributed by atoms with Crippen LogP contribution < -0.4 is 0 Å². The Bertz CT molecular complexity index is 494. The molecule has 1 saturated heterocycles. The van der Waals surface area contributed by atoms with E-state index in [-0.39, 0.29) is 5.91 Å².